The van der Waals surface area contributed by atoms with Crippen molar-refractivity contribution < 1.29 is 9.53 Å². The van der Waals surface area contributed by atoms with E-state index in [0.717, 1.165) is 34.6 Å². The van der Waals surface area contributed by atoms with E-state index in [4.69, 9.17) is 4.74 Å². The Bertz CT molecular complexity index is 1090. The molecule has 2 aromatic heterocycles. The number of hydrogen-bond donors (Lipinski definition) is 1. The maximum atomic E-state index is 13.6. The highest BCUT2D eigenvalue weighted by Crippen LogP contribution is 2.38. The van der Waals surface area contributed by atoms with Gasteiger partial charge >= 0.3 is 0 Å². The van der Waals surface area contributed by atoms with Crippen molar-refractivity contribution in [1.82, 2.24) is 19.7 Å². The Morgan fingerprint density at radius 1 is 1.17 bits per heavy atom. The second kappa shape index (κ2) is 9.07. The molecular weight excluding hydrogens is 384 g/mol. The largest absolute Gasteiger partial charge is 0.385 e. The van der Waals surface area contributed by atoms with Crippen molar-refractivity contribution in [3.8, 4) is 0 Å². The normalized spacial score (nSPS) is 12.3. The Hall–Kier alpha value is -2.90. The first-order chi connectivity index (χ1) is 14.3. The molecule has 0 fully saturated rings. The number of fused-ring (bicyclic) bond motifs is 1. The molecule has 7 heteroatoms. The van der Waals surface area contributed by atoms with Gasteiger partial charge < -0.3 is 14.3 Å². The van der Waals surface area contributed by atoms with Crippen LogP contribution in [-0.4, -0.2) is 39.2 Å². The molecule has 4 aromatic rings. The number of aromatic nitrogens is 4. The fraction of sp³-hybridized carbons (Fsp3) is 0.227. The van der Waals surface area contributed by atoms with E-state index in [1.54, 1.807) is 19.6 Å². The number of para-hydroxylation sites is 1. The summed E-state index contributed by atoms with van der Waals surface area (Å²) in [5, 5.41) is 9.56. The van der Waals surface area contributed by atoms with Crippen LogP contribution in [0, 0.1) is 0 Å². The molecule has 2 heterocycles. The van der Waals surface area contributed by atoms with Crippen molar-refractivity contribution in [2.75, 3.05) is 13.7 Å². The number of carbonyl (C=O) groups excluding carboxylic acids is 1. The van der Waals surface area contributed by atoms with Gasteiger partial charge in [-0.3, -0.25) is 4.79 Å². The van der Waals surface area contributed by atoms with E-state index in [-0.39, 0.29) is 5.78 Å². The first-order valence-electron chi connectivity index (χ1n) is 9.46. The second-order valence-electron chi connectivity index (χ2n) is 6.67. The zero-order chi connectivity index (χ0) is 20.1. The number of thioether (sulfide) groups is 1. The maximum Gasteiger partial charge on any atom is 0.192 e. The van der Waals surface area contributed by atoms with Crippen molar-refractivity contribution in [3.05, 3.63) is 78.2 Å². The van der Waals surface area contributed by atoms with Crippen molar-refractivity contribution in [2.45, 2.75) is 23.4 Å². The smallest absolute Gasteiger partial charge is 0.192 e. The van der Waals surface area contributed by atoms with Gasteiger partial charge in [0.05, 0.1) is 0 Å². The number of rotatable bonds is 9. The summed E-state index contributed by atoms with van der Waals surface area (Å²) in [6.07, 6.45) is 4.36. The number of aromatic amines is 1. The standard InChI is InChI=1S/C22H22N4O2S/c1-28-13-7-12-26-15-24-25-22(26)29-21(16-8-3-2-4-9-16)20(27)18-14-23-19-11-6-5-10-17(18)19/h2-6,8-11,14-15,21,23H,7,12-13H2,1H3. The number of carbonyl (C=O) groups is 1. The number of benzene rings is 2. The van der Waals surface area contributed by atoms with Gasteiger partial charge in [-0.25, -0.2) is 0 Å². The van der Waals surface area contributed by atoms with Crippen LogP contribution in [0.3, 0.4) is 0 Å². The number of aryl methyl sites for hydroxylation is 1. The molecule has 0 aliphatic heterocycles. The molecule has 1 atom stereocenters. The molecule has 4 rings (SSSR count). The van der Waals surface area contributed by atoms with Gasteiger partial charge in [0, 0.05) is 42.9 Å². The number of H-pyrrole nitrogens is 1. The number of ether oxygens (including phenoxy) is 1. The number of methoxy groups -OCH3 is 1. The number of ketones is 1. The molecule has 0 saturated carbocycles. The van der Waals surface area contributed by atoms with Crippen LogP contribution >= 0.6 is 11.8 Å². The Morgan fingerprint density at radius 2 is 1.97 bits per heavy atom. The molecule has 0 amide bonds. The van der Waals surface area contributed by atoms with Gasteiger partial charge in [0.1, 0.15) is 11.6 Å². The Labute approximate surface area is 173 Å². The zero-order valence-corrected chi connectivity index (χ0v) is 16.9. The summed E-state index contributed by atoms with van der Waals surface area (Å²) in [6.45, 7) is 1.41. The van der Waals surface area contributed by atoms with Crippen molar-refractivity contribution in [2.24, 2.45) is 0 Å². The third kappa shape index (κ3) is 4.26. The molecule has 1 unspecified atom stereocenters. The van der Waals surface area contributed by atoms with Gasteiger partial charge in [-0.15, -0.1) is 10.2 Å². The van der Waals surface area contributed by atoms with E-state index in [2.05, 4.69) is 15.2 Å². The number of Topliss-reactive ketones (excluding diaryl/α,β-unsaturated/α-hetero) is 1. The summed E-state index contributed by atoms with van der Waals surface area (Å²) in [7, 11) is 1.69. The number of hydrogen-bond acceptors (Lipinski definition) is 5. The molecule has 29 heavy (non-hydrogen) atoms. The summed E-state index contributed by atoms with van der Waals surface area (Å²) in [5.74, 6) is 0.0464. The topological polar surface area (TPSA) is 72.8 Å². The highest BCUT2D eigenvalue weighted by atomic mass is 32.2. The van der Waals surface area contributed by atoms with E-state index in [1.807, 2.05) is 59.2 Å². The lowest BCUT2D eigenvalue weighted by molar-refractivity contribution is 0.0991. The van der Waals surface area contributed by atoms with E-state index in [0.29, 0.717) is 12.2 Å². The lowest BCUT2D eigenvalue weighted by Crippen LogP contribution is -2.11. The molecular formula is C22H22N4O2S. The molecule has 2 aromatic carbocycles. The quantitative estimate of drug-likeness (QED) is 0.251. The molecule has 6 nitrogen and oxygen atoms in total. The van der Waals surface area contributed by atoms with Crippen LogP contribution in [0.2, 0.25) is 0 Å². The molecule has 0 spiro atoms. The van der Waals surface area contributed by atoms with Gasteiger partial charge in [0.15, 0.2) is 10.9 Å². The molecule has 0 aliphatic rings. The first kappa shape index (κ1) is 19.4. The molecule has 0 saturated heterocycles. The minimum absolute atomic E-state index is 0.0464. The SMILES string of the molecule is COCCCn1cnnc1SC(C(=O)c1c[nH]c2ccccc12)c1ccccc1. The summed E-state index contributed by atoms with van der Waals surface area (Å²) in [4.78, 5) is 16.8. The first-order valence-corrected chi connectivity index (χ1v) is 10.3. The molecule has 0 radical (unpaired) electrons. The van der Waals surface area contributed by atoms with Crippen LogP contribution in [0.1, 0.15) is 27.6 Å². The summed E-state index contributed by atoms with van der Waals surface area (Å²) in [5.41, 5.74) is 2.59. The highest BCUT2D eigenvalue weighted by Gasteiger charge is 2.27. The van der Waals surface area contributed by atoms with E-state index in [9.17, 15) is 4.79 Å². The predicted molar refractivity (Wildman–Crippen MR) is 114 cm³/mol. The maximum absolute atomic E-state index is 13.6. The molecule has 148 valence electrons. The monoisotopic (exact) mass is 406 g/mol. The third-order valence-corrected chi connectivity index (χ3v) is 5.99. The van der Waals surface area contributed by atoms with Crippen LogP contribution in [0.5, 0.6) is 0 Å². The summed E-state index contributed by atoms with van der Waals surface area (Å²) >= 11 is 1.43. The van der Waals surface area contributed by atoms with Crippen molar-refractivity contribution in [3.63, 3.8) is 0 Å². The number of nitrogens with one attached hydrogen (secondary N) is 1. The Morgan fingerprint density at radius 3 is 2.79 bits per heavy atom. The Kier molecular flexibility index (Phi) is 6.07. The molecule has 1 N–H and O–H groups in total. The number of nitrogens with zero attached hydrogens (tertiary/aromatic N) is 3. The minimum atomic E-state index is -0.416. The van der Waals surface area contributed by atoms with Crippen molar-refractivity contribution in [1.29, 1.82) is 0 Å². The van der Waals surface area contributed by atoms with E-state index < -0.39 is 5.25 Å². The van der Waals surface area contributed by atoms with Crippen LogP contribution < -0.4 is 0 Å². The molecule has 0 aliphatic carbocycles. The lowest BCUT2D eigenvalue weighted by Gasteiger charge is -2.16. The van der Waals surface area contributed by atoms with Crippen LogP contribution in [0.25, 0.3) is 10.9 Å². The average Bonchev–Trinajstić information content (AvgIpc) is 3.39. The van der Waals surface area contributed by atoms with Gasteiger partial charge in [-0.05, 0) is 18.1 Å². The fourth-order valence-corrected chi connectivity index (χ4v) is 4.40. The van der Waals surface area contributed by atoms with Gasteiger partial charge in [-0.1, -0.05) is 60.3 Å². The lowest BCUT2D eigenvalue weighted by atomic mass is 10.0. The average molecular weight is 407 g/mol. The van der Waals surface area contributed by atoms with Crippen LogP contribution in [-0.2, 0) is 11.3 Å². The van der Waals surface area contributed by atoms with E-state index in [1.165, 1.54) is 11.8 Å². The fourth-order valence-electron chi connectivity index (χ4n) is 3.29. The zero-order valence-electron chi connectivity index (χ0n) is 16.1. The van der Waals surface area contributed by atoms with Gasteiger partial charge in [-0.2, -0.15) is 0 Å². The molecule has 0 bridgehead atoms. The van der Waals surface area contributed by atoms with Crippen LogP contribution in [0.15, 0.2) is 72.3 Å². The summed E-state index contributed by atoms with van der Waals surface area (Å²) in [6, 6.07) is 17.7. The van der Waals surface area contributed by atoms with Gasteiger partial charge in [0.25, 0.3) is 0 Å². The third-order valence-electron chi connectivity index (χ3n) is 4.75. The van der Waals surface area contributed by atoms with Gasteiger partial charge in [0.2, 0.25) is 0 Å². The Balaban J connectivity index is 1.67. The minimum Gasteiger partial charge on any atom is -0.385 e. The second-order valence-corrected chi connectivity index (χ2v) is 7.75. The van der Waals surface area contributed by atoms with E-state index >= 15 is 0 Å². The highest BCUT2D eigenvalue weighted by molar-refractivity contribution is 8.00. The predicted octanol–water partition coefficient (Wildman–Crippen LogP) is 4.51. The van der Waals surface area contributed by atoms with Crippen molar-refractivity contribution >= 4 is 28.4 Å². The van der Waals surface area contributed by atoms with Crippen LogP contribution in [0.4, 0.5) is 0 Å². The summed E-state index contributed by atoms with van der Waals surface area (Å²) < 4.78 is 7.11.